The minimum absolute atomic E-state index is 0.0765. The molecule has 9 heteroatoms. The molecule has 0 saturated heterocycles. The number of nitrogens with one attached hydrogen (secondary N) is 1. The highest BCUT2D eigenvalue weighted by molar-refractivity contribution is 5.95. The third kappa shape index (κ3) is 5.32. The Labute approximate surface area is 166 Å². The SMILES string of the molecule is COc1ccc(CCNC(=O)c2nc(COc3ccccc3C(N)=O)no2)cc1. The zero-order valence-electron chi connectivity index (χ0n) is 15.8. The van der Waals surface area contributed by atoms with Crippen LogP contribution in [0.5, 0.6) is 11.5 Å². The third-order valence-electron chi connectivity index (χ3n) is 4.03. The van der Waals surface area contributed by atoms with Crippen molar-refractivity contribution < 1.29 is 23.6 Å². The van der Waals surface area contributed by atoms with E-state index in [2.05, 4.69) is 15.5 Å². The van der Waals surface area contributed by atoms with E-state index < -0.39 is 11.8 Å². The van der Waals surface area contributed by atoms with E-state index in [4.69, 9.17) is 19.7 Å². The van der Waals surface area contributed by atoms with Crippen LogP contribution in [-0.4, -0.2) is 35.6 Å². The summed E-state index contributed by atoms with van der Waals surface area (Å²) in [5.74, 6) is -0.00123. The molecule has 1 aromatic heterocycles. The van der Waals surface area contributed by atoms with Crippen molar-refractivity contribution >= 4 is 11.8 Å². The van der Waals surface area contributed by atoms with Gasteiger partial charge >= 0.3 is 11.8 Å². The van der Waals surface area contributed by atoms with Gasteiger partial charge in [-0.05, 0) is 36.2 Å². The molecule has 2 aromatic carbocycles. The van der Waals surface area contributed by atoms with Crippen molar-refractivity contribution in [2.75, 3.05) is 13.7 Å². The summed E-state index contributed by atoms with van der Waals surface area (Å²) in [5, 5.41) is 6.43. The molecule has 9 nitrogen and oxygen atoms in total. The number of nitrogens with zero attached hydrogens (tertiary/aromatic N) is 2. The number of methoxy groups -OCH3 is 1. The first-order valence-corrected chi connectivity index (χ1v) is 8.82. The zero-order chi connectivity index (χ0) is 20.6. The monoisotopic (exact) mass is 396 g/mol. The Morgan fingerprint density at radius 3 is 2.62 bits per heavy atom. The molecule has 3 N–H and O–H groups in total. The predicted molar refractivity (Wildman–Crippen MR) is 103 cm³/mol. The van der Waals surface area contributed by atoms with E-state index in [1.165, 1.54) is 0 Å². The van der Waals surface area contributed by atoms with Crippen LogP contribution in [0.1, 0.15) is 32.4 Å². The number of benzene rings is 2. The predicted octanol–water partition coefficient (Wildman–Crippen LogP) is 1.73. The van der Waals surface area contributed by atoms with Crippen molar-refractivity contribution in [2.45, 2.75) is 13.0 Å². The molecule has 0 spiro atoms. The van der Waals surface area contributed by atoms with Gasteiger partial charge in [-0.15, -0.1) is 0 Å². The Morgan fingerprint density at radius 2 is 1.90 bits per heavy atom. The Morgan fingerprint density at radius 1 is 1.14 bits per heavy atom. The molecule has 0 atom stereocenters. The first-order chi connectivity index (χ1) is 14.1. The molecule has 0 saturated carbocycles. The number of amides is 2. The summed E-state index contributed by atoms with van der Waals surface area (Å²) in [7, 11) is 1.61. The number of carbonyl (C=O) groups is 2. The van der Waals surface area contributed by atoms with Crippen molar-refractivity contribution in [1.29, 1.82) is 0 Å². The van der Waals surface area contributed by atoms with Gasteiger partial charge in [-0.2, -0.15) is 4.98 Å². The minimum atomic E-state index is -0.606. The van der Waals surface area contributed by atoms with E-state index in [1.54, 1.807) is 31.4 Å². The molecule has 0 aliphatic rings. The molecule has 0 fully saturated rings. The summed E-state index contributed by atoms with van der Waals surface area (Å²) >= 11 is 0. The fraction of sp³-hybridized carbons (Fsp3) is 0.200. The molecule has 0 aliphatic heterocycles. The number of aromatic nitrogens is 2. The minimum Gasteiger partial charge on any atom is -0.497 e. The number of para-hydroxylation sites is 1. The van der Waals surface area contributed by atoms with Gasteiger partial charge < -0.3 is 25.0 Å². The number of hydrogen-bond acceptors (Lipinski definition) is 7. The van der Waals surface area contributed by atoms with Gasteiger partial charge in [0.05, 0.1) is 12.7 Å². The molecular formula is C20H20N4O5. The molecule has 150 valence electrons. The molecular weight excluding hydrogens is 376 g/mol. The lowest BCUT2D eigenvalue weighted by molar-refractivity contribution is 0.0909. The van der Waals surface area contributed by atoms with Crippen LogP contribution < -0.4 is 20.5 Å². The van der Waals surface area contributed by atoms with Crippen molar-refractivity contribution in [3.8, 4) is 11.5 Å². The number of primary amides is 1. The summed E-state index contributed by atoms with van der Waals surface area (Å²) in [6, 6.07) is 14.1. The van der Waals surface area contributed by atoms with Crippen LogP contribution in [0, 0.1) is 0 Å². The highest BCUT2D eigenvalue weighted by Gasteiger charge is 2.16. The molecule has 1 heterocycles. The second-order valence-electron chi connectivity index (χ2n) is 6.02. The Bertz CT molecular complexity index is 985. The maximum atomic E-state index is 12.1. The van der Waals surface area contributed by atoms with Crippen LogP contribution in [0.3, 0.4) is 0 Å². The summed E-state index contributed by atoms with van der Waals surface area (Å²) in [6.07, 6.45) is 0.643. The fourth-order valence-electron chi connectivity index (χ4n) is 2.53. The average Bonchev–Trinajstić information content (AvgIpc) is 3.22. The second-order valence-corrected chi connectivity index (χ2v) is 6.02. The summed E-state index contributed by atoms with van der Waals surface area (Å²) in [5.41, 5.74) is 6.60. The lowest BCUT2D eigenvalue weighted by Gasteiger charge is -2.06. The van der Waals surface area contributed by atoms with Crippen LogP contribution in [-0.2, 0) is 13.0 Å². The summed E-state index contributed by atoms with van der Waals surface area (Å²) in [6.45, 7) is 0.332. The van der Waals surface area contributed by atoms with Gasteiger partial charge in [0, 0.05) is 6.54 Å². The van der Waals surface area contributed by atoms with E-state index in [-0.39, 0.29) is 23.9 Å². The average molecular weight is 396 g/mol. The normalized spacial score (nSPS) is 10.4. The first-order valence-electron chi connectivity index (χ1n) is 8.82. The molecule has 3 rings (SSSR count). The molecule has 29 heavy (non-hydrogen) atoms. The second kappa shape index (κ2) is 9.36. The zero-order valence-corrected chi connectivity index (χ0v) is 15.8. The maximum Gasteiger partial charge on any atom is 0.316 e. The molecule has 0 bridgehead atoms. The highest BCUT2D eigenvalue weighted by Crippen LogP contribution is 2.18. The van der Waals surface area contributed by atoms with Crippen LogP contribution in [0.2, 0.25) is 0 Å². The van der Waals surface area contributed by atoms with Gasteiger partial charge in [0.15, 0.2) is 6.61 Å². The van der Waals surface area contributed by atoms with Crippen LogP contribution in [0.25, 0.3) is 0 Å². The van der Waals surface area contributed by atoms with Crippen LogP contribution in [0.15, 0.2) is 53.1 Å². The number of ether oxygens (including phenoxy) is 2. The van der Waals surface area contributed by atoms with Gasteiger partial charge in [-0.25, -0.2) is 0 Å². The number of hydrogen-bond donors (Lipinski definition) is 2. The Balaban J connectivity index is 1.50. The van der Waals surface area contributed by atoms with Gasteiger partial charge in [0.25, 0.3) is 5.91 Å². The topological polar surface area (TPSA) is 130 Å². The van der Waals surface area contributed by atoms with Gasteiger partial charge in [0.1, 0.15) is 11.5 Å². The maximum absolute atomic E-state index is 12.1. The molecule has 2 amide bonds. The Hall–Kier alpha value is -3.88. The number of rotatable bonds is 9. The van der Waals surface area contributed by atoms with Crippen molar-refractivity contribution in [3.05, 3.63) is 71.4 Å². The van der Waals surface area contributed by atoms with Crippen LogP contribution >= 0.6 is 0 Å². The van der Waals surface area contributed by atoms with E-state index in [0.29, 0.717) is 18.7 Å². The van der Waals surface area contributed by atoms with Crippen molar-refractivity contribution in [1.82, 2.24) is 15.5 Å². The first kappa shape index (κ1) is 19.9. The molecule has 0 aliphatic carbocycles. The van der Waals surface area contributed by atoms with E-state index in [1.807, 2.05) is 24.3 Å². The lowest BCUT2D eigenvalue weighted by atomic mass is 10.1. The van der Waals surface area contributed by atoms with Crippen molar-refractivity contribution in [2.24, 2.45) is 5.73 Å². The van der Waals surface area contributed by atoms with E-state index in [0.717, 1.165) is 11.3 Å². The van der Waals surface area contributed by atoms with Crippen LogP contribution in [0.4, 0.5) is 0 Å². The van der Waals surface area contributed by atoms with E-state index >= 15 is 0 Å². The standard InChI is InChI=1S/C20H20N4O5/c1-27-14-8-6-13(7-9-14)10-11-22-19(26)20-23-17(24-29-20)12-28-16-5-3-2-4-15(16)18(21)25/h2-9H,10-12H2,1H3,(H2,21,25)(H,22,26). The third-order valence-corrected chi connectivity index (χ3v) is 4.03. The largest absolute Gasteiger partial charge is 0.497 e. The summed E-state index contributed by atoms with van der Waals surface area (Å²) < 4.78 is 15.6. The number of carbonyl (C=O) groups excluding carboxylic acids is 2. The van der Waals surface area contributed by atoms with Gasteiger partial charge in [-0.3, -0.25) is 9.59 Å². The van der Waals surface area contributed by atoms with Gasteiger partial charge in [0.2, 0.25) is 5.82 Å². The highest BCUT2D eigenvalue weighted by atomic mass is 16.5. The smallest absolute Gasteiger partial charge is 0.316 e. The quantitative estimate of drug-likeness (QED) is 0.563. The van der Waals surface area contributed by atoms with E-state index in [9.17, 15) is 9.59 Å². The molecule has 0 unspecified atom stereocenters. The molecule has 0 radical (unpaired) electrons. The van der Waals surface area contributed by atoms with Gasteiger partial charge in [-0.1, -0.05) is 29.4 Å². The lowest BCUT2D eigenvalue weighted by Crippen LogP contribution is -2.26. The fourth-order valence-corrected chi connectivity index (χ4v) is 2.53. The Kier molecular flexibility index (Phi) is 6.41. The molecule has 3 aromatic rings. The summed E-state index contributed by atoms with van der Waals surface area (Å²) in [4.78, 5) is 27.5. The van der Waals surface area contributed by atoms with Crippen molar-refractivity contribution in [3.63, 3.8) is 0 Å². The number of nitrogens with two attached hydrogens (primary N) is 1.